The van der Waals surface area contributed by atoms with Gasteiger partial charge in [0.05, 0.1) is 12.5 Å². The highest BCUT2D eigenvalue weighted by Crippen LogP contribution is 2.29. The van der Waals surface area contributed by atoms with E-state index in [0.717, 1.165) is 33.9 Å². The maximum absolute atomic E-state index is 6.48. The van der Waals surface area contributed by atoms with Crippen LogP contribution in [0.15, 0.2) is 42.5 Å². The Balaban J connectivity index is 2.15. The van der Waals surface area contributed by atoms with E-state index in [1.54, 1.807) is 7.11 Å². The number of rotatable bonds is 4. The van der Waals surface area contributed by atoms with Gasteiger partial charge in [0.15, 0.2) is 0 Å². The van der Waals surface area contributed by atoms with E-state index >= 15 is 0 Å². The molecule has 1 atom stereocenters. The first-order chi connectivity index (χ1) is 9.10. The molecule has 1 nitrogen and oxygen atoms in total. The molecule has 3 heteroatoms. The molecule has 2 aromatic carbocycles. The largest absolute Gasteiger partial charge is 0.496 e. The highest BCUT2D eigenvalue weighted by atomic mass is 35.5. The molecular formula is C16H16Cl2O. The van der Waals surface area contributed by atoms with Crippen molar-refractivity contribution in [2.45, 2.75) is 18.7 Å². The lowest BCUT2D eigenvalue weighted by molar-refractivity contribution is 0.411. The van der Waals surface area contributed by atoms with Crippen LogP contribution in [0.25, 0.3) is 0 Å². The lowest BCUT2D eigenvalue weighted by Gasteiger charge is -2.13. The molecule has 0 bridgehead atoms. The van der Waals surface area contributed by atoms with E-state index in [4.69, 9.17) is 27.9 Å². The molecule has 2 aromatic rings. The van der Waals surface area contributed by atoms with E-state index in [0.29, 0.717) is 0 Å². The fraction of sp³-hybridized carbons (Fsp3) is 0.250. The number of methoxy groups -OCH3 is 1. The van der Waals surface area contributed by atoms with Crippen molar-refractivity contribution >= 4 is 23.2 Å². The van der Waals surface area contributed by atoms with Gasteiger partial charge in [0.2, 0.25) is 0 Å². The van der Waals surface area contributed by atoms with E-state index in [9.17, 15) is 0 Å². The first-order valence-electron chi connectivity index (χ1n) is 6.13. The zero-order valence-electron chi connectivity index (χ0n) is 11.0. The predicted octanol–water partition coefficient (Wildman–Crippen LogP) is 5.18. The molecular weight excluding hydrogens is 279 g/mol. The lowest BCUT2D eigenvalue weighted by Crippen LogP contribution is -1.97. The van der Waals surface area contributed by atoms with Crippen LogP contribution >= 0.6 is 23.2 Å². The highest BCUT2D eigenvalue weighted by Gasteiger charge is 2.11. The molecule has 2 rings (SSSR count). The molecule has 0 aromatic heterocycles. The Hall–Kier alpha value is -1.18. The van der Waals surface area contributed by atoms with Crippen LogP contribution in [-0.2, 0) is 6.42 Å². The van der Waals surface area contributed by atoms with E-state index in [1.807, 2.05) is 43.3 Å². The van der Waals surface area contributed by atoms with Crippen LogP contribution in [0.3, 0.4) is 0 Å². The van der Waals surface area contributed by atoms with E-state index < -0.39 is 0 Å². The van der Waals surface area contributed by atoms with E-state index in [1.165, 1.54) is 0 Å². The minimum Gasteiger partial charge on any atom is -0.496 e. The molecule has 19 heavy (non-hydrogen) atoms. The quantitative estimate of drug-likeness (QED) is 0.706. The molecule has 0 amide bonds. The zero-order chi connectivity index (χ0) is 13.8. The summed E-state index contributed by atoms with van der Waals surface area (Å²) in [7, 11) is 1.67. The molecule has 0 heterocycles. The average Bonchev–Trinajstić information content (AvgIpc) is 2.38. The topological polar surface area (TPSA) is 9.23 Å². The normalized spacial score (nSPS) is 12.2. The highest BCUT2D eigenvalue weighted by molar-refractivity contribution is 6.30. The van der Waals surface area contributed by atoms with Gasteiger partial charge in [-0.2, -0.15) is 0 Å². The van der Waals surface area contributed by atoms with Gasteiger partial charge in [0.1, 0.15) is 5.75 Å². The van der Waals surface area contributed by atoms with Gasteiger partial charge in [0, 0.05) is 5.02 Å². The van der Waals surface area contributed by atoms with Gasteiger partial charge < -0.3 is 4.74 Å². The van der Waals surface area contributed by atoms with Crippen molar-refractivity contribution in [1.82, 2.24) is 0 Å². The van der Waals surface area contributed by atoms with Crippen LogP contribution in [0, 0.1) is 6.92 Å². The number of alkyl halides is 1. The standard InChI is InChI=1S/C16H16Cl2O/c1-11-8-13(6-7-16(11)19-2)15(18)10-12-4-3-5-14(17)9-12/h3-9,15H,10H2,1-2H3. The van der Waals surface area contributed by atoms with Crippen molar-refractivity contribution in [1.29, 1.82) is 0 Å². The van der Waals surface area contributed by atoms with Gasteiger partial charge in [0.25, 0.3) is 0 Å². The number of halogens is 2. The van der Waals surface area contributed by atoms with Gasteiger partial charge in [-0.15, -0.1) is 11.6 Å². The molecule has 0 aliphatic carbocycles. The third-order valence-electron chi connectivity index (χ3n) is 3.08. The fourth-order valence-corrected chi connectivity index (χ4v) is 2.61. The van der Waals surface area contributed by atoms with Crippen LogP contribution in [0.1, 0.15) is 22.1 Å². The number of hydrogen-bond acceptors (Lipinski definition) is 1. The van der Waals surface area contributed by atoms with Crippen molar-refractivity contribution < 1.29 is 4.74 Å². The van der Waals surface area contributed by atoms with Crippen LogP contribution in [-0.4, -0.2) is 7.11 Å². The van der Waals surface area contributed by atoms with Crippen molar-refractivity contribution in [2.75, 3.05) is 7.11 Å². The second-order valence-corrected chi connectivity index (χ2v) is 5.49. The Labute approximate surface area is 124 Å². The summed E-state index contributed by atoms with van der Waals surface area (Å²) in [5.74, 6) is 0.885. The minimum atomic E-state index is -0.0666. The zero-order valence-corrected chi connectivity index (χ0v) is 12.5. The number of aryl methyl sites for hydroxylation is 1. The Morgan fingerprint density at radius 2 is 1.95 bits per heavy atom. The van der Waals surface area contributed by atoms with Gasteiger partial charge >= 0.3 is 0 Å². The first-order valence-corrected chi connectivity index (χ1v) is 6.94. The third kappa shape index (κ3) is 3.65. The van der Waals surface area contributed by atoms with Crippen LogP contribution in [0.4, 0.5) is 0 Å². The van der Waals surface area contributed by atoms with Crippen LogP contribution < -0.4 is 4.74 Å². The molecule has 0 saturated carbocycles. The molecule has 0 fully saturated rings. The van der Waals surface area contributed by atoms with Crippen molar-refractivity contribution in [3.63, 3.8) is 0 Å². The van der Waals surface area contributed by atoms with Crippen LogP contribution in [0.2, 0.25) is 5.02 Å². The maximum Gasteiger partial charge on any atom is 0.121 e. The van der Waals surface area contributed by atoms with Crippen molar-refractivity contribution in [3.05, 3.63) is 64.2 Å². The van der Waals surface area contributed by atoms with Gasteiger partial charge in [-0.25, -0.2) is 0 Å². The summed E-state index contributed by atoms with van der Waals surface area (Å²) in [6, 6.07) is 13.8. The van der Waals surface area contributed by atoms with Crippen LogP contribution in [0.5, 0.6) is 5.75 Å². The third-order valence-corrected chi connectivity index (χ3v) is 3.73. The van der Waals surface area contributed by atoms with Gasteiger partial charge in [-0.1, -0.05) is 35.9 Å². The Bertz CT molecular complexity index is 566. The summed E-state index contributed by atoms with van der Waals surface area (Å²) >= 11 is 12.5. The van der Waals surface area contributed by atoms with Crippen molar-refractivity contribution in [3.8, 4) is 5.75 Å². The van der Waals surface area contributed by atoms with E-state index in [-0.39, 0.29) is 5.38 Å². The molecule has 0 saturated heterocycles. The summed E-state index contributed by atoms with van der Waals surface area (Å²) in [5.41, 5.74) is 3.33. The molecule has 0 spiro atoms. The number of ether oxygens (including phenoxy) is 1. The summed E-state index contributed by atoms with van der Waals surface area (Å²) in [4.78, 5) is 0. The smallest absolute Gasteiger partial charge is 0.121 e. The molecule has 0 N–H and O–H groups in total. The SMILES string of the molecule is COc1ccc(C(Cl)Cc2cccc(Cl)c2)cc1C. The first kappa shape index (κ1) is 14.2. The summed E-state index contributed by atoms with van der Waals surface area (Å²) in [6.45, 7) is 2.02. The summed E-state index contributed by atoms with van der Waals surface area (Å²) in [6.07, 6.45) is 0.758. The Morgan fingerprint density at radius 3 is 2.58 bits per heavy atom. The molecule has 1 unspecified atom stereocenters. The summed E-state index contributed by atoms with van der Waals surface area (Å²) < 4.78 is 5.25. The average molecular weight is 295 g/mol. The number of hydrogen-bond donors (Lipinski definition) is 0. The number of benzene rings is 2. The minimum absolute atomic E-state index is 0.0666. The van der Waals surface area contributed by atoms with Crippen molar-refractivity contribution in [2.24, 2.45) is 0 Å². The monoisotopic (exact) mass is 294 g/mol. The molecule has 0 aliphatic heterocycles. The van der Waals surface area contributed by atoms with E-state index in [2.05, 4.69) is 6.07 Å². The second-order valence-electron chi connectivity index (χ2n) is 4.53. The van der Waals surface area contributed by atoms with Gasteiger partial charge in [-0.05, 0) is 48.2 Å². The summed E-state index contributed by atoms with van der Waals surface area (Å²) in [5, 5.41) is 0.676. The lowest BCUT2D eigenvalue weighted by atomic mass is 10.0. The maximum atomic E-state index is 6.48. The Morgan fingerprint density at radius 1 is 1.16 bits per heavy atom. The second kappa shape index (κ2) is 6.31. The van der Waals surface area contributed by atoms with Gasteiger partial charge in [-0.3, -0.25) is 0 Å². The molecule has 0 radical (unpaired) electrons. The fourth-order valence-electron chi connectivity index (χ4n) is 2.09. The molecule has 0 aliphatic rings. The Kier molecular flexibility index (Phi) is 4.73. The molecule has 100 valence electrons. The predicted molar refractivity (Wildman–Crippen MR) is 81.5 cm³/mol.